The van der Waals surface area contributed by atoms with Crippen molar-refractivity contribution >= 4 is 27.0 Å². The van der Waals surface area contributed by atoms with Crippen molar-refractivity contribution in [3.8, 4) is 0 Å². The van der Waals surface area contributed by atoms with Gasteiger partial charge in [0.15, 0.2) is 0 Å². The van der Waals surface area contributed by atoms with Crippen molar-refractivity contribution in [1.29, 1.82) is 0 Å². The van der Waals surface area contributed by atoms with Gasteiger partial charge in [-0.2, -0.15) is 4.31 Å². The molecular weight excluding hydrogens is 380 g/mol. The minimum atomic E-state index is -3.66. The molecule has 9 heteroatoms. The summed E-state index contributed by atoms with van der Waals surface area (Å²) in [5, 5.41) is 0.634. The monoisotopic (exact) mass is 404 g/mol. The molecule has 150 valence electrons. The van der Waals surface area contributed by atoms with Crippen molar-refractivity contribution in [2.24, 2.45) is 0 Å². The molecule has 2 aliphatic heterocycles. The molecule has 2 amide bonds. The molecule has 0 atom stereocenters. The Morgan fingerprint density at radius 1 is 1.00 bits per heavy atom. The summed E-state index contributed by atoms with van der Waals surface area (Å²) < 4.78 is 33.3. The van der Waals surface area contributed by atoms with Crippen molar-refractivity contribution < 1.29 is 17.9 Å². The molecule has 0 unspecified atom stereocenters. The minimum absolute atomic E-state index is 0.0367. The van der Waals surface area contributed by atoms with E-state index in [2.05, 4.69) is 4.98 Å². The summed E-state index contributed by atoms with van der Waals surface area (Å²) in [7, 11) is -3.66. The Bertz CT molecular complexity index is 981. The molecule has 0 radical (unpaired) electrons. The van der Waals surface area contributed by atoms with Crippen LogP contribution in [0, 0.1) is 6.92 Å². The van der Waals surface area contributed by atoms with Crippen LogP contribution in [0.15, 0.2) is 35.4 Å². The van der Waals surface area contributed by atoms with Gasteiger partial charge in [-0.15, -0.1) is 0 Å². The number of fused-ring (bicyclic) bond motifs is 1. The van der Waals surface area contributed by atoms with Gasteiger partial charge in [0, 0.05) is 50.9 Å². The molecule has 1 aromatic carbocycles. The first-order valence-electron chi connectivity index (χ1n) is 9.44. The Hall–Kier alpha value is -2.23. The molecule has 0 saturated carbocycles. The average molecular weight is 404 g/mol. The fraction of sp³-hybridized carbons (Fsp3) is 0.474. The van der Waals surface area contributed by atoms with Crippen LogP contribution >= 0.6 is 0 Å². The smallest absolute Gasteiger partial charge is 0.320 e. The van der Waals surface area contributed by atoms with Gasteiger partial charge in [0.1, 0.15) is 0 Å². The molecule has 1 aromatic heterocycles. The number of hydrogen-bond acceptors (Lipinski definition) is 5. The average Bonchev–Trinajstić information content (AvgIpc) is 2.74. The first kappa shape index (κ1) is 19.1. The fourth-order valence-electron chi connectivity index (χ4n) is 3.73. The Balaban J connectivity index is 1.51. The zero-order valence-corrected chi connectivity index (χ0v) is 16.7. The second kappa shape index (κ2) is 7.65. The lowest BCUT2D eigenvalue weighted by molar-refractivity contribution is 0.0405. The number of carbonyl (C=O) groups is 1. The quantitative estimate of drug-likeness (QED) is 0.754. The van der Waals surface area contributed by atoms with Crippen LogP contribution in [0.5, 0.6) is 0 Å². The highest BCUT2D eigenvalue weighted by molar-refractivity contribution is 7.89. The molecule has 2 saturated heterocycles. The summed E-state index contributed by atoms with van der Waals surface area (Å²) in [6.45, 7) is 5.53. The lowest BCUT2D eigenvalue weighted by Crippen LogP contribution is -2.55. The Morgan fingerprint density at radius 3 is 2.39 bits per heavy atom. The maximum Gasteiger partial charge on any atom is 0.320 e. The lowest BCUT2D eigenvalue weighted by Gasteiger charge is -2.38. The van der Waals surface area contributed by atoms with E-state index in [4.69, 9.17) is 4.74 Å². The highest BCUT2D eigenvalue weighted by Gasteiger charge is 2.33. The van der Waals surface area contributed by atoms with E-state index in [0.29, 0.717) is 50.3 Å². The van der Waals surface area contributed by atoms with Gasteiger partial charge in [0.25, 0.3) is 0 Å². The van der Waals surface area contributed by atoms with E-state index in [0.717, 1.165) is 5.56 Å². The predicted molar refractivity (Wildman–Crippen MR) is 105 cm³/mol. The Morgan fingerprint density at radius 2 is 1.68 bits per heavy atom. The highest BCUT2D eigenvalue weighted by Crippen LogP contribution is 2.27. The molecule has 0 N–H and O–H groups in total. The number of carbonyl (C=O) groups excluding carboxylic acids is 1. The predicted octanol–water partition coefficient (Wildman–Crippen LogP) is 1.30. The molecule has 2 fully saturated rings. The van der Waals surface area contributed by atoms with E-state index < -0.39 is 10.0 Å². The molecule has 0 aliphatic carbocycles. The van der Waals surface area contributed by atoms with Crippen molar-refractivity contribution in [1.82, 2.24) is 19.1 Å². The standard InChI is InChI=1S/C19H24N4O4S/c1-15-4-5-17(16-3-2-6-20-18(15)16)28(25,26)23-9-7-21(8-10-23)19(24)22-11-13-27-14-12-22/h2-6H,7-14H2,1H3. The summed E-state index contributed by atoms with van der Waals surface area (Å²) in [6, 6.07) is 6.95. The highest BCUT2D eigenvalue weighted by atomic mass is 32.2. The molecule has 4 rings (SSSR count). The van der Waals surface area contributed by atoms with Crippen LogP contribution in [-0.4, -0.2) is 86.0 Å². The van der Waals surface area contributed by atoms with Gasteiger partial charge in [-0.3, -0.25) is 4.98 Å². The molecule has 0 spiro atoms. The molecule has 28 heavy (non-hydrogen) atoms. The van der Waals surface area contributed by atoms with Crippen LogP contribution in [0.2, 0.25) is 0 Å². The van der Waals surface area contributed by atoms with Crippen LogP contribution in [0.25, 0.3) is 10.9 Å². The molecular formula is C19H24N4O4S. The summed E-state index contributed by atoms with van der Waals surface area (Å²) in [6.07, 6.45) is 1.67. The number of nitrogens with zero attached hydrogens (tertiary/aromatic N) is 4. The van der Waals surface area contributed by atoms with Crippen molar-refractivity contribution in [3.63, 3.8) is 0 Å². The van der Waals surface area contributed by atoms with Crippen LogP contribution in [0.1, 0.15) is 5.56 Å². The Kier molecular flexibility index (Phi) is 5.22. The summed E-state index contributed by atoms with van der Waals surface area (Å²) in [5.41, 5.74) is 1.64. The second-order valence-electron chi connectivity index (χ2n) is 7.05. The third-order valence-electron chi connectivity index (χ3n) is 5.34. The van der Waals surface area contributed by atoms with E-state index in [9.17, 15) is 13.2 Å². The number of pyridine rings is 1. The van der Waals surface area contributed by atoms with Crippen LogP contribution in [-0.2, 0) is 14.8 Å². The summed E-state index contributed by atoms with van der Waals surface area (Å²) in [5.74, 6) is 0. The van der Waals surface area contributed by atoms with Crippen molar-refractivity contribution in [3.05, 3.63) is 36.0 Å². The number of aryl methyl sites for hydroxylation is 1. The first-order chi connectivity index (χ1) is 13.5. The van der Waals surface area contributed by atoms with E-state index in [1.807, 2.05) is 6.92 Å². The number of rotatable bonds is 2. The van der Waals surface area contributed by atoms with Crippen LogP contribution in [0.3, 0.4) is 0 Å². The number of benzene rings is 1. The number of hydrogen-bond donors (Lipinski definition) is 0. The van der Waals surface area contributed by atoms with Gasteiger partial charge in [-0.25, -0.2) is 13.2 Å². The van der Waals surface area contributed by atoms with Gasteiger partial charge < -0.3 is 14.5 Å². The number of morpholine rings is 1. The van der Waals surface area contributed by atoms with Crippen molar-refractivity contribution in [2.75, 3.05) is 52.5 Å². The zero-order valence-electron chi connectivity index (χ0n) is 15.9. The number of sulfonamides is 1. The maximum atomic E-state index is 13.3. The molecule has 0 bridgehead atoms. The summed E-state index contributed by atoms with van der Waals surface area (Å²) in [4.78, 5) is 20.7. The van der Waals surface area contributed by atoms with Gasteiger partial charge >= 0.3 is 6.03 Å². The molecule has 2 aliphatic rings. The third-order valence-corrected chi connectivity index (χ3v) is 7.30. The second-order valence-corrected chi connectivity index (χ2v) is 8.96. The number of piperazine rings is 1. The SMILES string of the molecule is Cc1ccc(S(=O)(=O)N2CCN(C(=O)N3CCOCC3)CC2)c2cccnc12. The van der Waals surface area contributed by atoms with Gasteiger partial charge in [-0.05, 0) is 30.7 Å². The Labute approximate surface area is 164 Å². The number of ether oxygens (including phenoxy) is 1. The largest absolute Gasteiger partial charge is 0.378 e. The van der Waals surface area contributed by atoms with E-state index in [1.165, 1.54) is 4.31 Å². The van der Waals surface area contributed by atoms with Crippen molar-refractivity contribution in [2.45, 2.75) is 11.8 Å². The fourth-order valence-corrected chi connectivity index (χ4v) is 5.33. The van der Waals surface area contributed by atoms with E-state index in [1.54, 1.807) is 40.3 Å². The zero-order chi connectivity index (χ0) is 19.7. The van der Waals surface area contributed by atoms with Crippen LogP contribution in [0.4, 0.5) is 4.79 Å². The van der Waals surface area contributed by atoms with Gasteiger partial charge in [0.2, 0.25) is 10.0 Å². The lowest BCUT2D eigenvalue weighted by atomic mass is 10.1. The summed E-state index contributed by atoms with van der Waals surface area (Å²) >= 11 is 0. The molecule has 8 nitrogen and oxygen atoms in total. The number of urea groups is 1. The number of aromatic nitrogens is 1. The molecule has 3 heterocycles. The minimum Gasteiger partial charge on any atom is -0.378 e. The topological polar surface area (TPSA) is 83.1 Å². The molecule has 2 aromatic rings. The van der Waals surface area contributed by atoms with Crippen LogP contribution < -0.4 is 0 Å². The first-order valence-corrected chi connectivity index (χ1v) is 10.9. The number of amides is 2. The normalized spacial score (nSPS) is 19.2. The van der Waals surface area contributed by atoms with Gasteiger partial charge in [-0.1, -0.05) is 6.07 Å². The van der Waals surface area contributed by atoms with Gasteiger partial charge in [0.05, 0.1) is 23.6 Å². The van der Waals surface area contributed by atoms with E-state index in [-0.39, 0.29) is 24.0 Å². The third kappa shape index (κ3) is 3.45. The van der Waals surface area contributed by atoms with E-state index >= 15 is 0 Å². The maximum absolute atomic E-state index is 13.3.